The summed E-state index contributed by atoms with van der Waals surface area (Å²) in [5.41, 5.74) is 0. The van der Waals surface area contributed by atoms with E-state index in [2.05, 4.69) is 53.8 Å². The van der Waals surface area contributed by atoms with Crippen LogP contribution in [0.4, 0.5) is 0 Å². The molecule has 0 radical (unpaired) electrons. The third-order valence-electron chi connectivity index (χ3n) is 2.37. The summed E-state index contributed by atoms with van der Waals surface area (Å²) in [4.78, 5) is 0. The zero-order chi connectivity index (χ0) is 11.2. The molecule has 0 aliphatic rings. The van der Waals surface area contributed by atoms with Gasteiger partial charge in [0.2, 0.25) is 0 Å². The molecule has 0 aliphatic heterocycles. The number of unbranched alkanes of at least 4 members (excludes halogenated alkanes) is 6. The van der Waals surface area contributed by atoms with E-state index >= 15 is 0 Å². The minimum Gasteiger partial charge on any atom is -0.0864 e. The normalized spacial score (nSPS) is 11.9. The SMILES string of the molecule is CC/C=C/C=C\CCCCCCCCI. The van der Waals surface area contributed by atoms with Crippen molar-refractivity contribution in [2.45, 2.75) is 58.3 Å². The summed E-state index contributed by atoms with van der Waals surface area (Å²) < 4.78 is 1.32. The van der Waals surface area contributed by atoms with Crippen molar-refractivity contribution in [2.75, 3.05) is 4.43 Å². The third kappa shape index (κ3) is 14.2. The van der Waals surface area contributed by atoms with Crippen molar-refractivity contribution >= 4 is 22.6 Å². The Morgan fingerprint density at radius 2 is 1.40 bits per heavy atom. The van der Waals surface area contributed by atoms with Crippen molar-refractivity contribution in [3.63, 3.8) is 0 Å². The summed E-state index contributed by atoms with van der Waals surface area (Å²) in [6.45, 7) is 2.17. The summed E-state index contributed by atoms with van der Waals surface area (Å²) in [5, 5.41) is 0. The van der Waals surface area contributed by atoms with Crippen LogP contribution in [-0.2, 0) is 0 Å². The van der Waals surface area contributed by atoms with Gasteiger partial charge in [0.25, 0.3) is 0 Å². The number of hydrogen-bond acceptors (Lipinski definition) is 0. The predicted molar refractivity (Wildman–Crippen MR) is 79.8 cm³/mol. The smallest absolute Gasteiger partial charge is 0.000473 e. The molecule has 0 atom stereocenters. The molecule has 0 saturated carbocycles. The lowest BCUT2D eigenvalue weighted by Gasteiger charge is -1.98. The van der Waals surface area contributed by atoms with Gasteiger partial charge in [0.15, 0.2) is 0 Å². The maximum atomic E-state index is 2.46. The van der Waals surface area contributed by atoms with E-state index in [0.717, 1.165) is 6.42 Å². The summed E-state index contributed by atoms with van der Waals surface area (Å²) in [5.74, 6) is 0. The van der Waals surface area contributed by atoms with E-state index in [4.69, 9.17) is 0 Å². The first kappa shape index (κ1) is 15.2. The first-order chi connectivity index (χ1) is 7.41. The molecular formula is C14H25I. The van der Waals surface area contributed by atoms with E-state index in [1.165, 1.54) is 49.4 Å². The topological polar surface area (TPSA) is 0 Å². The van der Waals surface area contributed by atoms with Gasteiger partial charge in [0.05, 0.1) is 0 Å². The molecule has 0 heterocycles. The van der Waals surface area contributed by atoms with Crippen LogP contribution in [0.5, 0.6) is 0 Å². The van der Waals surface area contributed by atoms with Gasteiger partial charge in [-0.05, 0) is 30.1 Å². The molecule has 0 nitrogen and oxygen atoms in total. The van der Waals surface area contributed by atoms with Crippen molar-refractivity contribution in [1.82, 2.24) is 0 Å². The number of halogens is 1. The van der Waals surface area contributed by atoms with E-state index in [1.807, 2.05) is 0 Å². The second kappa shape index (κ2) is 14.2. The first-order valence-corrected chi connectivity index (χ1v) is 7.82. The van der Waals surface area contributed by atoms with Crippen LogP contribution in [0.3, 0.4) is 0 Å². The van der Waals surface area contributed by atoms with Crippen molar-refractivity contribution in [3.8, 4) is 0 Å². The Labute approximate surface area is 109 Å². The van der Waals surface area contributed by atoms with Crippen molar-refractivity contribution in [3.05, 3.63) is 24.3 Å². The lowest BCUT2D eigenvalue weighted by atomic mass is 10.1. The average molecular weight is 320 g/mol. The van der Waals surface area contributed by atoms with Crippen LogP contribution in [0.2, 0.25) is 0 Å². The number of allylic oxidation sites excluding steroid dienone is 4. The molecule has 0 amide bonds. The highest BCUT2D eigenvalue weighted by molar-refractivity contribution is 14.1. The fourth-order valence-electron chi connectivity index (χ4n) is 1.45. The average Bonchev–Trinajstić information content (AvgIpc) is 2.26. The van der Waals surface area contributed by atoms with Gasteiger partial charge in [0.1, 0.15) is 0 Å². The molecule has 0 aliphatic carbocycles. The zero-order valence-electron chi connectivity index (χ0n) is 10.1. The van der Waals surface area contributed by atoms with Gasteiger partial charge in [-0.3, -0.25) is 0 Å². The van der Waals surface area contributed by atoms with Crippen LogP contribution in [-0.4, -0.2) is 4.43 Å². The van der Waals surface area contributed by atoms with Crippen molar-refractivity contribution in [2.24, 2.45) is 0 Å². The molecule has 0 aromatic carbocycles. The molecule has 0 saturated heterocycles. The summed E-state index contributed by atoms with van der Waals surface area (Å²) in [7, 11) is 0. The van der Waals surface area contributed by atoms with Gasteiger partial charge in [-0.15, -0.1) is 0 Å². The van der Waals surface area contributed by atoms with Gasteiger partial charge in [0, 0.05) is 0 Å². The monoisotopic (exact) mass is 320 g/mol. The minimum atomic E-state index is 1.14. The second-order valence-electron chi connectivity index (χ2n) is 3.86. The van der Waals surface area contributed by atoms with Crippen LogP contribution >= 0.6 is 22.6 Å². The van der Waals surface area contributed by atoms with Gasteiger partial charge in [-0.2, -0.15) is 0 Å². The van der Waals surface area contributed by atoms with E-state index in [9.17, 15) is 0 Å². The number of hydrogen-bond donors (Lipinski definition) is 0. The van der Waals surface area contributed by atoms with Crippen LogP contribution in [0.1, 0.15) is 58.3 Å². The molecular weight excluding hydrogens is 295 g/mol. The van der Waals surface area contributed by atoms with Crippen molar-refractivity contribution < 1.29 is 0 Å². The third-order valence-corrected chi connectivity index (χ3v) is 3.14. The largest absolute Gasteiger partial charge is 0.0864 e. The summed E-state index contributed by atoms with van der Waals surface area (Å²) in [6, 6.07) is 0. The number of rotatable bonds is 10. The molecule has 0 aromatic heterocycles. The molecule has 0 spiro atoms. The van der Waals surface area contributed by atoms with Crippen LogP contribution in [0, 0.1) is 0 Å². The van der Waals surface area contributed by atoms with Crippen molar-refractivity contribution in [1.29, 1.82) is 0 Å². The van der Waals surface area contributed by atoms with E-state index in [1.54, 1.807) is 0 Å². The lowest BCUT2D eigenvalue weighted by Crippen LogP contribution is -1.79. The molecule has 0 bridgehead atoms. The fourth-order valence-corrected chi connectivity index (χ4v) is 1.99. The van der Waals surface area contributed by atoms with Crippen LogP contribution in [0.15, 0.2) is 24.3 Å². The minimum absolute atomic E-state index is 1.14. The first-order valence-electron chi connectivity index (χ1n) is 6.29. The van der Waals surface area contributed by atoms with Gasteiger partial charge in [-0.1, -0.05) is 79.5 Å². The van der Waals surface area contributed by atoms with E-state index in [0.29, 0.717) is 0 Å². The molecule has 0 aromatic rings. The maximum Gasteiger partial charge on any atom is -0.000473 e. The lowest BCUT2D eigenvalue weighted by molar-refractivity contribution is 0.614. The molecule has 0 rings (SSSR count). The molecule has 0 unspecified atom stereocenters. The quantitative estimate of drug-likeness (QED) is 0.210. The Bertz CT molecular complexity index is 159. The Morgan fingerprint density at radius 1 is 0.800 bits per heavy atom. The fraction of sp³-hybridized carbons (Fsp3) is 0.714. The van der Waals surface area contributed by atoms with E-state index < -0.39 is 0 Å². The molecule has 88 valence electrons. The number of alkyl halides is 1. The molecule has 0 N–H and O–H groups in total. The second-order valence-corrected chi connectivity index (χ2v) is 4.94. The van der Waals surface area contributed by atoms with Gasteiger partial charge < -0.3 is 0 Å². The standard InChI is InChI=1S/C14H25I/c1-2-3-4-5-6-7-8-9-10-11-12-13-14-15/h3-6H,2,7-14H2,1H3/b4-3+,6-5-. The van der Waals surface area contributed by atoms with Gasteiger partial charge >= 0.3 is 0 Å². The Morgan fingerprint density at radius 3 is 2.07 bits per heavy atom. The highest BCUT2D eigenvalue weighted by atomic mass is 127. The van der Waals surface area contributed by atoms with Gasteiger partial charge in [-0.25, -0.2) is 0 Å². The van der Waals surface area contributed by atoms with Crippen LogP contribution in [0.25, 0.3) is 0 Å². The molecule has 15 heavy (non-hydrogen) atoms. The predicted octanol–water partition coefficient (Wildman–Crippen LogP) is 5.67. The summed E-state index contributed by atoms with van der Waals surface area (Å²) >= 11 is 2.46. The Kier molecular flexibility index (Phi) is 14.4. The van der Waals surface area contributed by atoms with Crippen LogP contribution < -0.4 is 0 Å². The highest BCUT2D eigenvalue weighted by Gasteiger charge is 1.89. The molecule has 1 heteroatoms. The Balaban J connectivity index is 3.04. The van der Waals surface area contributed by atoms with E-state index in [-0.39, 0.29) is 0 Å². The highest BCUT2D eigenvalue weighted by Crippen LogP contribution is 2.08. The zero-order valence-corrected chi connectivity index (χ0v) is 12.2. The maximum absolute atomic E-state index is 2.46. The molecule has 0 fully saturated rings. The summed E-state index contributed by atoms with van der Waals surface area (Å²) in [6.07, 6.45) is 19.7. The Hall–Kier alpha value is 0.210.